The van der Waals surface area contributed by atoms with Crippen LogP contribution in [0.5, 0.6) is 0 Å². The first-order chi connectivity index (χ1) is 9.56. The quantitative estimate of drug-likeness (QED) is 0.859. The maximum Gasteiger partial charge on any atom is 0.255 e. The third kappa shape index (κ3) is 3.42. The number of amides is 1. The van der Waals surface area contributed by atoms with E-state index < -0.39 is 0 Å². The fraction of sp³-hybridized carbons (Fsp3) is 0.500. The lowest BCUT2D eigenvalue weighted by Gasteiger charge is -2.32. The van der Waals surface area contributed by atoms with Gasteiger partial charge in [0, 0.05) is 24.0 Å². The number of hydrogen-bond donors (Lipinski definition) is 1. The standard InChI is InChI=1S/C14H18Cl2N2OS/c1-17-9-4-3-5-18(8-9)14(19)10-6-13(20-2)12(16)7-11(10)15/h6-7,9,17H,3-5,8H2,1-2H3. The predicted molar refractivity (Wildman–Crippen MR) is 86.2 cm³/mol. The van der Waals surface area contributed by atoms with Crippen LogP contribution in [0.15, 0.2) is 17.0 Å². The van der Waals surface area contributed by atoms with Crippen LogP contribution in [0.1, 0.15) is 23.2 Å². The van der Waals surface area contributed by atoms with Gasteiger partial charge in [-0.2, -0.15) is 0 Å². The normalized spacial score (nSPS) is 19.2. The highest BCUT2D eigenvalue weighted by molar-refractivity contribution is 7.98. The van der Waals surface area contributed by atoms with E-state index >= 15 is 0 Å². The molecule has 6 heteroatoms. The summed E-state index contributed by atoms with van der Waals surface area (Å²) in [6.45, 7) is 1.51. The second-order valence-corrected chi connectivity index (χ2v) is 6.51. The second-order valence-electron chi connectivity index (χ2n) is 4.85. The molecule has 1 N–H and O–H groups in total. The van der Waals surface area contributed by atoms with Crippen molar-refractivity contribution in [3.63, 3.8) is 0 Å². The molecule has 0 bridgehead atoms. The van der Waals surface area contributed by atoms with E-state index in [9.17, 15) is 4.79 Å². The minimum absolute atomic E-state index is 0.0121. The number of piperidine rings is 1. The van der Waals surface area contributed by atoms with Crippen LogP contribution in [-0.2, 0) is 0 Å². The van der Waals surface area contributed by atoms with Crippen molar-refractivity contribution in [1.82, 2.24) is 10.2 Å². The van der Waals surface area contributed by atoms with E-state index in [1.807, 2.05) is 18.2 Å². The maximum atomic E-state index is 12.6. The Bertz CT molecular complexity index is 510. The number of hydrogen-bond acceptors (Lipinski definition) is 3. The van der Waals surface area contributed by atoms with Crippen molar-refractivity contribution >= 4 is 40.9 Å². The zero-order valence-corrected chi connectivity index (χ0v) is 13.9. The molecule has 0 aliphatic carbocycles. The molecule has 20 heavy (non-hydrogen) atoms. The van der Waals surface area contributed by atoms with E-state index in [-0.39, 0.29) is 5.91 Å². The Hall–Kier alpha value is -0.420. The molecule has 0 radical (unpaired) electrons. The number of carbonyl (C=O) groups excluding carboxylic acids is 1. The summed E-state index contributed by atoms with van der Waals surface area (Å²) in [4.78, 5) is 15.4. The van der Waals surface area contributed by atoms with Crippen LogP contribution in [0.4, 0.5) is 0 Å². The number of thioether (sulfide) groups is 1. The van der Waals surface area contributed by atoms with Crippen LogP contribution >= 0.6 is 35.0 Å². The first kappa shape index (κ1) is 16.0. The molecule has 0 saturated carbocycles. The minimum Gasteiger partial charge on any atom is -0.337 e. The van der Waals surface area contributed by atoms with Crippen LogP contribution in [0.3, 0.4) is 0 Å². The summed E-state index contributed by atoms with van der Waals surface area (Å²) in [5.74, 6) is -0.0121. The van der Waals surface area contributed by atoms with E-state index in [0.717, 1.165) is 30.8 Å². The fourth-order valence-electron chi connectivity index (χ4n) is 2.42. The second kappa shape index (κ2) is 7.03. The Morgan fingerprint density at radius 2 is 2.15 bits per heavy atom. The van der Waals surface area contributed by atoms with Gasteiger partial charge in [-0.3, -0.25) is 4.79 Å². The summed E-state index contributed by atoms with van der Waals surface area (Å²) in [5, 5.41) is 4.24. The number of likely N-dealkylation sites (N-methyl/N-ethyl adjacent to an activating group) is 1. The molecule has 1 atom stereocenters. The Balaban J connectivity index is 2.24. The highest BCUT2D eigenvalue weighted by Gasteiger charge is 2.25. The number of halogens is 2. The molecule has 1 aliphatic heterocycles. The average Bonchev–Trinajstić information content (AvgIpc) is 2.47. The lowest BCUT2D eigenvalue weighted by molar-refractivity contribution is 0.0698. The number of carbonyl (C=O) groups is 1. The SMILES string of the molecule is CNC1CCCN(C(=O)c2cc(SC)c(Cl)cc2Cl)C1. The molecule has 1 aliphatic rings. The van der Waals surface area contributed by atoms with E-state index in [1.54, 1.807) is 12.1 Å². The Kier molecular flexibility index (Phi) is 5.61. The molecule has 1 aromatic carbocycles. The molecular formula is C14H18Cl2N2OS. The largest absolute Gasteiger partial charge is 0.337 e. The zero-order valence-electron chi connectivity index (χ0n) is 11.6. The molecule has 1 amide bonds. The molecule has 1 saturated heterocycles. The Morgan fingerprint density at radius 1 is 1.40 bits per heavy atom. The van der Waals surface area contributed by atoms with Crippen molar-refractivity contribution in [2.75, 3.05) is 26.4 Å². The average molecular weight is 333 g/mol. The Labute approximate surface area is 134 Å². The van der Waals surface area contributed by atoms with Gasteiger partial charge in [-0.05, 0) is 38.3 Å². The highest BCUT2D eigenvalue weighted by atomic mass is 35.5. The zero-order chi connectivity index (χ0) is 14.7. The van der Waals surface area contributed by atoms with E-state index in [4.69, 9.17) is 23.2 Å². The van der Waals surface area contributed by atoms with Gasteiger partial charge in [0.1, 0.15) is 0 Å². The van der Waals surface area contributed by atoms with Crippen LogP contribution in [0.25, 0.3) is 0 Å². The summed E-state index contributed by atoms with van der Waals surface area (Å²) < 4.78 is 0. The predicted octanol–water partition coefficient (Wildman–Crippen LogP) is 3.54. The topological polar surface area (TPSA) is 32.3 Å². The van der Waals surface area contributed by atoms with Crippen LogP contribution < -0.4 is 5.32 Å². The molecule has 2 rings (SSSR count). The summed E-state index contributed by atoms with van der Waals surface area (Å²) in [7, 11) is 1.93. The van der Waals surface area contributed by atoms with Gasteiger partial charge < -0.3 is 10.2 Å². The van der Waals surface area contributed by atoms with Crippen LogP contribution in [0.2, 0.25) is 10.0 Å². The van der Waals surface area contributed by atoms with Crippen LogP contribution in [0, 0.1) is 0 Å². The summed E-state index contributed by atoms with van der Waals surface area (Å²) >= 11 is 13.8. The minimum atomic E-state index is -0.0121. The van der Waals surface area contributed by atoms with Gasteiger partial charge in [0.25, 0.3) is 5.91 Å². The van der Waals surface area contributed by atoms with E-state index in [0.29, 0.717) is 21.7 Å². The fourth-order valence-corrected chi connectivity index (χ4v) is 3.60. The summed E-state index contributed by atoms with van der Waals surface area (Å²) in [6, 6.07) is 3.81. The van der Waals surface area contributed by atoms with Crippen molar-refractivity contribution in [2.24, 2.45) is 0 Å². The highest BCUT2D eigenvalue weighted by Crippen LogP contribution is 2.32. The molecule has 0 spiro atoms. The van der Waals surface area contributed by atoms with Crippen molar-refractivity contribution < 1.29 is 4.79 Å². The number of likely N-dealkylation sites (tertiary alicyclic amines) is 1. The van der Waals surface area contributed by atoms with Gasteiger partial charge >= 0.3 is 0 Å². The molecule has 1 aromatic rings. The van der Waals surface area contributed by atoms with Crippen LogP contribution in [-0.4, -0.2) is 43.2 Å². The van der Waals surface area contributed by atoms with Gasteiger partial charge in [0.15, 0.2) is 0 Å². The van der Waals surface area contributed by atoms with Gasteiger partial charge in [0.05, 0.1) is 15.6 Å². The van der Waals surface area contributed by atoms with Gasteiger partial charge in [-0.15, -0.1) is 11.8 Å². The van der Waals surface area contributed by atoms with Crippen molar-refractivity contribution in [2.45, 2.75) is 23.8 Å². The Morgan fingerprint density at radius 3 is 2.80 bits per heavy atom. The van der Waals surface area contributed by atoms with Crippen molar-refractivity contribution in [3.8, 4) is 0 Å². The van der Waals surface area contributed by atoms with Crippen molar-refractivity contribution in [1.29, 1.82) is 0 Å². The number of nitrogens with one attached hydrogen (secondary N) is 1. The van der Waals surface area contributed by atoms with Gasteiger partial charge in [0.2, 0.25) is 0 Å². The molecule has 110 valence electrons. The monoisotopic (exact) mass is 332 g/mol. The van der Waals surface area contributed by atoms with E-state index in [2.05, 4.69) is 5.32 Å². The number of rotatable bonds is 3. The third-order valence-corrected chi connectivity index (χ3v) is 5.10. The van der Waals surface area contributed by atoms with Crippen molar-refractivity contribution in [3.05, 3.63) is 27.7 Å². The van der Waals surface area contributed by atoms with Gasteiger partial charge in [-0.1, -0.05) is 23.2 Å². The molecule has 3 nitrogen and oxygen atoms in total. The third-order valence-electron chi connectivity index (χ3n) is 3.59. The first-order valence-electron chi connectivity index (χ1n) is 6.56. The lowest BCUT2D eigenvalue weighted by atomic mass is 10.0. The molecular weight excluding hydrogens is 315 g/mol. The summed E-state index contributed by atoms with van der Waals surface area (Å²) in [5.41, 5.74) is 0.539. The smallest absolute Gasteiger partial charge is 0.255 e. The van der Waals surface area contributed by atoms with E-state index in [1.165, 1.54) is 11.8 Å². The molecule has 0 aromatic heterocycles. The van der Waals surface area contributed by atoms with Gasteiger partial charge in [-0.25, -0.2) is 0 Å². The molecule has 1 unspecified atom stereocenters. The lowest BCUT2D eigenvalue weighted by Crippen LogP contribution is -2.47. The number of nitrogens with zero attached hydrogens (tertiary/aromatic N) is 1. The molecule has 1 heterocycles. The first-order valence-corrected chi connectivity index (χ1v) is 8.54. The molecule has 1 fully saturated rings. The summed E-state index contributed by atoms with van der Waals surface area (Å²) in [6.07, 6.45) is 4.05. The maximum absolute atomic E-state index is 12.6. The number of benzene rings is 1.